The van der Waals surface area contributed by atoms with Gasteiger partial charge in [0, 0.05) is 24.6 Å². The molecule has 0 spiro atoms. The second-order valence-corrected chi connectivity index (χ2v) is 6.47. The van der Waals surface area contributed by atoms with Gasteiger partial charge in [-0.15, -0.1) is 0 Å². The van der Waals surface area contributed by atoms with Crippen molar-refractivity contribution in [1.29, 1.82) is 0 Å². The van der Waals surface area contributed by atoms with Crippen LogP contribution in [0.4, 0.5) is 0 Å². The Hall–Kier alpha value is -3.02. The van der Waals surface area contributed by atoms with Crippen LogP contribution < -0.4 is 9.47 Å². The van der Waals surface area contributed by atoms with Crippen LogP contribution in [-0.4, -0.2) is 48.7 Å². The third-order valence-corrected chi connectivity index (χ3v) is 4.86. The van der Waals surface area contributed by atoms with E-state index in [2.05, 4.69) is 0 Å². The highest BCUT2D eigenvalue weighted by Crippen LogP contribution is 2.35. The van der Waals surface area contributed by atoms with Crippen LogP contribution in [0.3, 0.4) is 0 Å². The fraction of sp³-hybridized carbons (Fsp3) is 0.333. The summed E-state index contributed by atoms with van der Waals surface area (Å²) >= 11 is 0. The molecule has 0 radical (unpaired) electrons. The highest BCUT2D eigenvalue weighted by molar-refractivity contribution is 5.95. The van der Waals surface area contributed by atoms with E-state index in [-0.39, 0.29) is 18.4 Å². The van der Waals surface area contributed by atoms with Gasteiger partial charge < -0.3 is 19.5 Å². The number of hydrogen-bond acceptors (Lipinski definition) is 4. The molecule has 27 heavy (non-hydrogen) atoms. The Bertz CT molecular complexity index is 821. The molecule has 2 aromatic carbocycles. The van der Waals surface area contributed by atoms with Gasteiger partial charge in [0.25, 0.3) is 5.91 Å². The van der Waals surface area contributed by atoms with E-state index in [1.54, 1.807) is 23.1 Å². The molecular weight excluding hydrogens is 346 g/mol. The molecule has 2 unspecified atom stereocenters. The van der Waals surface area contributed by atoms with Crippen LogP contribution in [0.1, 0.15) is 28.8 Å². The minimum atomic E-state index is -0.886. The van der Waals surface area contributed by atoms with Crippen molar-refractivity contribution in [1.82, 2.24) is 4.90 Å². The molecule has 2 aromatic rings. The summed E-state index contributed by atoms with van der Waals surface area (Å²) in [6, 6.07) is 14.5. The van der Waals surface area contributed by atoms with Gasteiger partial charge in [-0.2, -0.15) is 0 Å². The molecule has 1 fully saturated rings. The molecule has 3 rings (SSSR count). The highest BCUT2D eigenvalue weighted by atomic mass is 16.5. The molecule has 142 valence electrons. The number of hydrogen-bond donors (Lipinski definition) is 1. The van der Waals surface area contributed by atoms with Crippen LogP contribution in [-0.2, 0) is 4.79 Å². The monoisotopic (exact) mass is 369 g/mol. The molecule has 1 saturated heterocycles. The average molecular weight is 369 g/mol. The lowest BCUT2D eigenvalue weighted by Gasteiger charge is -2.18. The second kappa shape index (κ2) is 8.12. The van der Waals surface area contributed by atoms with E-state index >= 15 is 0 Å². The summed E-state index contributed by atoms with van der Waals surface area (Å²) in [5, 5.41) is 9.62. The largest absolute Gasteiger partial charge is 0.493 e. The Labute approximate surface area is 158 Å². The predicted octanol–water partition coefficient (Wildman–Crippen LogP) is 3.03. The van der Waals surface area contributed by atoms with Crippen molar-refractivity contribution in [2.75, 3.05) is 26.8 Å². The molecule has 1 aliphatic rings. The number of rotatable bonds is 6. The number of carboxylic acids is 1. The standard InChI is InChI=1S/C21H23NO5/c1-3-27-18-10-9-15(11-19(18)26-2)20(23)22-12-16(17(13-22)21(24)25)14-7-5-4-6-8-14/h4-11,16-17H,3,12-13H2,1-2H3,(H,24,25). The Morgan fingerprint density at radius 1 is 1.11 bits per heavy atom. The van der Waals surface area contributed by atoms with Gasteiger partial charge in [-0.3, -0.25) is 9.59 Å². The number of aliphatic carboxylic acids is 1. The topological polar surface area (TPSA) is 76.1 Å². The van der Waals surface area contributed by atoms with Crippen LogP contribution in [0.2, 0.25) is 0 Å². The molecule has 1 N–H and O–H groups in total. The zero-order valence-corrected chi connectivity index (χ0v) is 15.4. The number of carbonyl (C=O) groups excluding carboxylic acids is 1. The first-order chi connectivity index (χ1) is 13.0. The average Bonchev–Trinajstić information content (AvgIpc) is 3.14. The van der Waals surface area contributed by atoms with Gasteiger partial charge in [0.1, 0.15) is 0 Å². The quantitative estimate of drug-likeness (QED) is 0.847. The fourth-order valence-corrected chi connectivity index (χ4v) is 3.52. The summed E-state index contributed by atoms with van der Waals surface area (Å²) in [5.74, 6) is -0.887. The lowest BCUT2D eigenvalue weighted by molar-refractivity contribution is -0.141. The lowest BCUT2D eigenvalue weighted by Crippen LogP contribution is -2.29. The first-order valence-electron chi connectivity index (χ1n) is 8.93. The predicted molar refractivity (Wildman–Crippen MR) is 100 cm³/mol. The maximum atomic E-state index is 13.0. The summed E-state index contributed by atoms with van der Waals surface area (Å²) in [5.41, 5.74) is 1.39. The van der Waals surface area contributed by atoms with Crippen LogP contribution in [0.25, 0.3) is 0 Å². The molecule has 6 nitrogen and oxygen atoms in total. The smallest absolute Gasteiger partial charge is 0.308 e. The first-order valence-corrected chi connectivity index (χ1v) is 8.93. The molecule has 0 aromatic heterocycles. The fourth-order valence-electron chi connectivity index (χ4n) is 3.52. The maximum absolute atomic E-state index is 13.0. The van der Waals surface area contributed by atoms with Crippen LogP contribution in [0.5, 0.6) is 11.5 Å². The van der Waals surface area contributed by atoms with E-state index in [4.69, 9.17) is 9.47 Å². The minimum absolute atomic E-state index is 0.184. The van der Waals surface area contributed by atoms with E-state index in [0.29, 0.717) is 30.2 Å². The van der Waals surface area contributed by atoms with Crippen molar-refractivity contribution < 1.29 is 24.2 Å². The van der Waals surface area contributed by atoms with Gasteiger partial charge in [-0.05, 0) is 30.7 Å². The van der Waals surface area contributed by atoms with E-state index < -0.39 is 11.9 Å². The summed E-state index contributed by atoms with van der Waals surface area (Å²) < 4.78 is 10.8. The number of methoxy groups -OCH3 is 1. The van der Waals surface area contributed by atoms with Crippen molar-refractivity contribution in [2.24, 2.45) is 5.92 Å². The van der Waals surface area contributed by atoms with E-state index in [1.165, 1.54) is 7.11 Å². The van der Waals surface area contributed by atoms with Crippen LogP contribution in [0, 0.1) is 5.92 Å². The minimum Gasteiger partial charge on any atom is -0.493 e. The van der Waals surface area contributed by atoms with Gasteiger partial charge in [0.2, 0.25) is 0 Å². The molecule has 1 aliphatic heterocycles. The van der Waals surface area contributed by atoms with Gasteiger partial charge in [0.05, 0.1) is 19.6 Å². The van der Waals surface area contributed by atoms with Crippen molar-refractivity contribution in [3.05, 3.63) is 59.7 Å². The molecule has 0 bridgehead atoms. The van der Waals surface area contributed by atoms with Crippen molar-refractivity contribution in [3.8, 4) is 11.5 Å². The Morgan fingerprint density at radius 3 is 2.48 bits per heavy atom. The molecule has 0 aliphatic carbocycles. The van der Waals surface area contributed by atoms with E-state index in [0.717, 1.165) is 5.56 Å². The molecule has 0 saturated carbocycles. The number of amides is 1. The molecule has 2 atom stereocenters. The number of nitrogens with zero attached hydrogens (tertiary/aromatic N) is 1. The summed E-state index contributed by atoms with van der Waals surface area (Å²) in [4.78, 5) is 26.3. The first kappa shape index (κ1) is 18.8. The van der Waals surface area contributed by atoms with E-state index in [9.17, 15) is 14.7 Å². The van der Waals surface area contributed by atoms with Crippen molar-refractivity contribution >= 4 is 11.9 Å². The third kappa shape index (κ3) is 3.89. The number of likely N-dealkylation sites (tertiary alicyclic amines) is 1. The normalized spacial score (nSPS) is 19.0. The number of carbonyl (C=O) groups is 2. The van der Waals surface area contributed by atoms with Crippen LogP contribution in [0.15, 0.2) is 48.5 Å². The molecular formula is C21H23NO5. The Morgan fingerprint density at radius 2 is 1.85 bits per heavy atom. The van der Waals surface area contributed by atoms with Crippen molar-refractivity contribution in [3.63, 3.8) is 0 Å². The number of carboxylic acid groups (broad SMARTS) is 1. The van der Waals surface area contributed by atoms with Gasteiger partial charge in [-0.25, -0.2) is 0 Å². The zero-order chi connectivity index (χ0) is 19.4. The number of benzene rings is 2. The zero-order valence-electron chi connectivity index (χ0n) is 15.4. The van der Waals surface area contributed by atoms with Gasteiger partial charge in [0.15, 0.2) is 11.5 Å². The Kier molecular flexibility index (Phi) is 5.64. The molecule has 1 amide bonds. The summed E-state index contributed by atoms with van der Waals surface area (Å²) in [7, 11) is 1.52. The highest BCUT2D eigenvalue weighted by Gasteiger charge is 2.40. The number of ether oxygens (including phenoxy) is 2. The van der Waals surface area contributed by atoms with Gasteiger partial charge in [-0.1, -0.05) is 30.3 Å². The third-order valence-electron chi connectivity index (χ3n) is 4.86. The second-order valence-electron chi connectivity index (χ2n) is 6.47. The van der Waals surface area contributed by atoms with Gasteiger partial charge >= 0.3 is 5.97 Å². The molecule has 6 heteroatoms. The summed E-state index contributed by atoms with van der Waals surface area (Å²) in [6.45, 7) is 2.92. The van der Waals surface area contributed by atoms with E-state index in [1.807, 2.05) is 37.3 Å². The lowest BCUT2D eigenvalue weighted by atomic mass is 9.89. The Balaban J connectivity index is 1.84. The van der Waals surface area contributed by atoms with Crippen molar-refractivity contribution in [2.45, 2.75) is 12.8 Å². The molecule has 1 heterocycles. The SMILES string of the molecule is CCOc1ccc(C(=O)N2CC(C(=O)O)C(c3ccccc3)C2)cc1OC. The maximum Gasteiger partial charge on any atom is 0.308 e. The summed E-state index contributed by atoms with van der Waals surface area (Å²) in [6.07, 6.45) is 0. The van der Waals surface area contributed by atoms with Crippen LogP contribution >= 0.6 is 0 Å².